The molecule has 0 aliphatic heterocycles. The fourth-order valence-corrected chi connectivity index (χ4v) is 1.78. The van der Waals surface area contributed by atoms with Gasteiger partial charge in [0, 0.05) is 25.1 Å². The summed E-state index contributed by atoms with van der Waals surface area (Å²) >= 11 is 0. The van der Waals surface area contributed by atoms with Crippen molar-refractivity contribution in [2.75, 3.05) is 5.32 Å². The van der Waals surface area contributed by atoms with Crippen LogP contribution in [0.1, 0.15) is 11.1 Å². The Morgan fingerprint density at radius 3 is 3.06 bits per heavy atom. The van der Waals surface area contributed by atoms with Crippen LogP contribution in [0, 0.1) is 6.92 Å². The Bertz CT molecular complexity index is 641. The lowest BCUT2D eigenvalue weighted by molar-refractivity contribution is 0.948. The normalized spacial score (nSPS) is 10.7. The van der Waals surface area contributed by atoms with Gasteiger partial charge in [0.15, 0.2) is 5.65 Å². The molecule has 90 valence electrons. The van der Waals surface area contributed by atoms with Crippen LogP contribution in [-0.4, -0.2) is 19.6 Å². The molecule has 3 aromatic rings. The van der Waals surface area contributed by atoms with E-state index in [-0.39, 0.29) is 0 Å². The van der Waals surface area contributed by atoms with Crippen LogP contribution in [0.3, 0.4) is 0 Å². The third kappa shape index (κ3) is 2.02. The van der Waals surface area contributed by atoms with Crippen molar-refractivity contribution in [1.29, 1.82) is 0 Å². The van der Waals surface area contributed by atoms with Crippen LogP contribution in [0.15, 0.2) is 42.9 Å². The van der Waals surface area contributed by atoms with Crippen LogP contribution in [0.5, 0.6) is 0 Å². The quantitative estimate of drug-likeness (QED) is 0.760. The van der Waals surface area contributed by atoms with E-state index in [1.807, 2.05) is 43.6 Å². The largest absolute Gasteiger partial charge is 0.349 e. The van der Waals surface area contributed by atoms with Crippen LogP contribution in [-0.2, 0) is 6.54 Å². The molecule has 0 spiro atoms. The molecule has 1 N–H and O–H groups in total. The SMILES string of the molecule is Cc1cnccc1CNc1nc2ccccn2n1. The summed E-state index contributed by atoms with van der Waals surface area (Å²) in [6.07, 6.45) is 5.53. The van der Waals surface area contributed by atoms with E-state index in [4.69, 9.17) is 0 Å². The first-order chi connectivity index (χ1) is 8.83. The molecule has 5 nitrogen and oxygen atoms in total. The summed E-state index contributed by atoms with van der Waals surface area (Å²) in [4.78, 5) is 8.45. The molecular weight excluding hydrogens is 226 g/mol. The van der Waals surface area contributed by atoms with Gasteiger partial charge in [-0.25, -0.2) is 4.52 Å². The average Bonchev–Trinajstić information content (AvgIpc) is 2.80. The molecule has 0 amide bonds. The maximum atomic E-state index is 4.38. The fraction of sp³-hybridized carbons (Fsp3) is 0.154. The minimum atomic E-state index is 0.636. The summed E-state index contributed by atoms with van der Waals surface area (Å²) in [7, 11) is 0. The van der Waals surface area contributed by atoms with Crippen LogP contribution < -0.4 is 5.32 Å². The summed E-state index contributed by atoms with van der Waals surface area (Å²) < 4.78 is 1.75. The Labute approximate surface area is 105 Å². The second-order valence-corrected chi connectivity index (χ2v) is 4.09. The van der Waals surface area contributed by atoms with Crippen LogP contribution in [0.2, 0.25) is 0 Å². The van der Waals surface area contributed by atoms with E-state index in [9.17, 15) is 0 Å². The molecule has 3 rings (SSSR count). The van der Waals surface area contributed by atoms with Gasteiger partial charge in [-0.05, 0) is 36.2 Å². The molecule has 5 heteroatoms. The minimum Gasteiger partial charge on any atom is -0.349 e. The van der Waals surface area contributed by atoms with Gasteiger partial charge in [0.25, 0.3) is 0 Å². The Morgan fingerprint density at radius 2 is 2.22 bits per heavy atom. The van der Waals surface area contributed by atoms with E-state index in [1.165, 1.54) is 5.56 Å². The van der Waals surface area contributed by atoms with E-state index in [0.717, 1.165) is 11.2 Å². The van der Waals surface area contributed by atoms with Gasteiger partial charge in [0.2, 0.25) is 5.95 Å². The van der Waals surface area contributed by atoms with Crippen molar-refractivity contribution in [3.05, 3.63) is 54.0 Å². The fourth-order valence-electron chi connectivity index (χ4n) is 1.78. The summed E-state index contributed by atoms with van der Waals surface area (Å²) in [5, 5.41) is 7.56. The predicted octanol–water partition coefficient (Wildman–Crippen LogP) is 2.04. The molecule has 3 aromatic heterocycles. The number of aryl methyl sites for hydroxylation is 1. The van der Waals surface area contributed by atoms with E-state index in [2.05, 4.69) is 20.4 Å². The molecule has 0 aromatic carbocycles. The Kier molecular flexibility index (Phi) is 2.64. The summed E-state index contributed by atoms with van der Waals surface area (Å²) in [5.41, 5.74) is 3.20. The standard InChI is InChI=1S/C13H13N5/c1-10-8-14-6-5-11(10)9-15-13-16-12-4-2-3-7-18(12)17-13/h2-8H,9H2,1H3,(H,15,17). The van der Waals surface area contributed by atoms with E-state index < -0.39 is 0 Å². The van der Waals surface area contributed by atoms with E-state index >= 15 is 0 Å². The second-order valence-electron chi connectivity index (χ2n) is 4.09. The number of nitrogens with one attached hydrogen (secondary N) is 1. The number of fused-ring (bicyclic) bond motifs is 1. The first-order valence-electron chi connectivity index (χ1n) is 5.78. The van der Waals surface area contributed by atoms with Gasteiger partial charge in [-0.15, -0.1) is 5.10 Å². The molecule has 0 fully saturated rings. The van der Waals surface area contributed by atoms with Crippen molar-refractivity contribution in [3.8, 4) is 0 Å². The van der Waals surface area contributed by atoms with Gasteiger partial charge < -0.3 is 5.32 Å². The maximum Gasteiger partial charge on any atom is 0.243 e. The molecule has 0 unspecified atom stereocenters. The molecule has 0 radical (unpaired) electrons. The van der Waals surface area contributed by atoms with Crippen molar-refractivity contribution in [3.63, 3.8) is 0 Å². The molecule has 0 bridgehead atoms. The topological polar surface area (TPSA) is 55.1 Å². The first-order valence-corrected chi connectivity index (χ1v) is 5.78. The summed E-state index contributed by atoms with van der Waals surface area (Å²) in [5.74, 6) is 0.636. The van der Waals surface area contributed by atoms with Crippen molar-refractivity contribution >= 4 is 11.6 Å². The van der Waals surface area contributed by atoms with Crippen LogP contribution in [0.25, 0.3) is 5.65 Å². The molecule has 0 aliphatic carbocycles. The highest BCUT2D eigenvalue weighted by molar-refractivity contribution is 5.43. The zero-order valence-electron chi connectivity index (χ0n) is 10.0. The third-order valence-electron chi connectivity index (χ3n) is 2.81. The van der Waals surface area contributed by atoms with E-state index in [1.54, 1.807) is 10.7 Å². The lowest BCUT2D eigenvalue weighted by Crippen LogP contribution is -2.03. The molecule has 0 saturated heterocycles. The van der Waals surface area contributed by atoms with E-state index in [0.29, 0.717) is 12.5 Å². The molecular formula is C13H13N5. The van der Waals surface area contributed by atoms with Gasteiger partial charge in [0.1, 0.15) is 0 Å². The monoisotopic (exact) mass is 239 g/mol. The number of aromatic nitrogens is 4. The van der Waals surface area contributed by atoms with Crippen molar-refractivity contribution in [2.24, 2.45) is 0 Å². The van der Waals surface area contributed by atoms with Crippen LogP contribution >= 0.6 is 0 Å². The smallest absolute Gasteiger partial charge is 0.243 e. The highest BCUT2D eigenvalue weighted by Crippen LogP contribution is 2.09. The summed E-state index contributed by atoms with van der Waals surface area (Å²) in [6.45, 7) is 2.74. The van der Waals surface area contributed by atoms with Crippen molar-refractivity contribution in [1.82, 2.24) is 19.6 Å². The van der Waals surface area contributed by atoms with Gasteiger partial charge in [-0.1, -0.05) is 6.07 Å². The number of nitrogens with zero attached hydrogens (tertiary/aromatic N) is 4. The average molecular weight is 239 g/mol. The molecule has 0 saturated carbocycles. The van der Waals surface area contributed by atoms with Gasteiger partial charge >= 0.3 is 0 Å². The number of pyridine rings is 2. The molecule has 3 heterocycles. The van der Waals surface area contributed by atoms with Crippen molar-refractivity contribution in [2.45, 2.75) is 13.5 Å². The highest BCUT2D eigenvalue weighted by Gasteiger charge is 2.03. The van der Waals surface area contributed by atoms with Gasteiger partial charge in [0.05, 0.1) is 0 Å². The third-order valence-corrected chi connectivity index (χ3v) is 2.81. The summed E-state index contributed by atoms with van der Waals surface area (Å²) in [6, 6.07) is 7.80. The molecule has 18 heavy (non-hydrogen) atoms. The highest BCUT2D eigenvalue weighted by atomic mass is 15.3. The Morgan fingerprint density at radius 1 is 1.28 bits per heavy atom. The lowest BCUT2D eigenvalue weighted by Gasteiger charge is -2.04. The zero-order valence-corrected chi connectivity index (χ0v) is 10.0. The predicted molar refractivity (Wildman–Crippen MR) is 69.3 cm³/mol. The zero-order chi connectivity index (χ0) is 12.4. The molecule has 0 atom stereocenters. The Hall–Kier alpha value is -2.43. The number of rotatable bonds is 3. The van der Waals surface area contributed by atoms with Gasteiger partial charge in [-0.2, -0.15) is 4.98 Å². The molecule has 0 aliphatic rings. The second kappa shape index (κ2) is 4.44. The number of hydrogen-bond acceptors (Lipinski definition) is 4. The minimum absolute atomic E-state index is 0.636. The Balaban J connectivity index is 1.79. The van der Waals surface area contributed by atoms with Gasteiger partial charge in [-0.3, -0.25) is 4.98 Å². The van der Waals surface area contributed by atoms with Crippen molar-refractivity contribution < 1.29 is 0 Å². The lowest BCUT2D eigenvalue weighted by atomic mass is 10.1. The first kappa shape index (κ1) is 10.7. The maximum absolute atomic E-state index is 4.38. The number of anilines is 1. The van der Waals surface area contributed by atoms with Crippen LogP contribution in [0.4, 0.5) is 5.95 Å². The number of hydrogen-bond donors (Lipinski definition) is 1.